The number of primary amides is 1. The summed E-state index contributed by atoms with van der Waals surface area (Å²) < 4.78 is 5.41. The van der Waals surface area contributed by atoms with Crippen LogP contribution in [0.15, 0.2) is 42.5 Å². The quantitative estimate of drug-likeness (QED) is 0.519. The summed E-state index contributed by atoms with van der Waals surface area (Å²) in [6.07, 6.45) is 0.982. The zero-order chi connectivity index (χ0) is 24.9. The van der Waals surface area contributed by atoms with Crippen LogP contribution < -0.4 is 21.1 Å². The summed E-state index contributed by atoms with van der Waals surface area (Å²) in [7, 11) is 1.53. The molecule has 4 atom stereocenters. The molecule has 0 bridgehead atoms. The Morgan fingerprint density at radius 2 is 1.83 bits per heavy atom. The largest absolute Gasteiger partial charge is 0.496 e. The van der Waals surface area contributed by atoms with Gasteiger partial charge in [-0.3, -0.25) is 29.4 Å². The van der Waals surface area contributed by atoms with Gasteiger partial charge in [0, 0.05) is 29.3 Å². The summed E-state index contributed by atoms with van der Waals surface area (Å²) in [4.78, 5) is 54.0. The van der Waals surface area contributed by atoms with Crippen LogP contribution in [0.1, 0.15) is 36.5 Å². The zero-order valence-electron chi connectivity index (χ0n) is 19.7. The van der Waals surface area contributed by atoms with E-state index >= 15 is 0 Å². The lowest BCUT2D eigenvalue weighted by Gasteiger charge is -2.29. The molecule has 3 aliphatic rings. The molecular weight excluding hydrogens is 448 g/mol. The van der Waals surface area contributed by atoms with Gasteiger partial charge < -0.3 is 15.8 Å². The molecule has 0 saturated carbocycles. The molecule has 5 rings (SSSR count). The minimum atomic E-state index is -1.39. The van der Waals surface area contributed by atoms with Crippen molar-refractivity contribution in [2.75, 3.05) is 12.4 Å². The highest BCUT2D eigenvalue weighted by Crippen LogP contribution is 2.54. The van der Waals surface area contributed by atoms with Crippen LogP contribution in [0, 0.1) is 11.8 Å². The fraction of sp³-hybridized carbons (Fsp3) is 0.385. The summed E-state index contributed by atoms with van der Waals surface area (Å²) in [6.45, 7) is 2.03. The Hall–Kier alpha value is -3.72. The van der Waals surface area contributed by atoms with Crippen LogP contribution in [0.3, 0.4) is 0 Å². The second-order valence-corrected chi connectivity index (χ2v) is 9.29. The molecular formula is C26H28N4O5. The molecule has 3 aliphatic heterocycles. The number of rotatable bonds is 7. The average Bonchev–Trinajstić information content (AvgIpc) is 3.43. The Balaban J connectivity index is 1.60. The van der Waals surface area contributed by atoms with Crippen molar-refractivity contribution in [1.82, 2.24) is 10.2 Å². The SMILES string of the molecule is CCc1cccc2c1NC(=O)[C@]21N[C@H](CCC(N)=O)[C@H]2C(=O)N(Cc3ccccc3OC)C(=O)[C@@H]21. The minimum Gasteiger partial charge on any atom is -0.496 e. The van der Waals surface area contributed by atoms with Crippen molar-refractivity contribution in [2.24, 2.45) is 17.6 Å². The van der Waals surface area contributed by atoms with Crippen LogP contribution in [0.25, 0.3) is 0 Å². The van der Waals surface area contributed by atoms with Gasteiger partial charge >= 0.3 is 0 Å². The van der Waals surface area contributed by atoms with Gasteiger partial charge in [-0.1, -0.05) is 43.3 Å². The number of nitrogens with one attached hydrogen (secondary N) is 2. The van der Waals surface area contributed by atoms with Gasteiger partial charge in [0.2, 0.25) is 23.6 Å². The van der Waals surface area contributed by atoms with E-state index in [4.69, 9.17) is 10.5 Å². The molecule has 2 saturated heterocycles. The van der Waals surface area contributed by atoms with Gasteiger partial charge in [0.15, 0.2) is 0 Å². The Morgan fingerprint density at radius 1 is 1.09 bits per heavy atom. The molecule has 0 unspecified atom stereocenters. The number of methoxy groups -OCH3 is 1. The van der Waals surface area contributed by atoms with E-state index in [-0.39, 0.29) is 31.2 Å². The van der Waals surface area contributed by atoms with Gasteiger partial charge in [0.1, 0.15) is 11.3 Å². The Bertz CT molecular complexity index is 1240. The van der Waals surface area contributed by atoms with E-state index in [0.717, 1.165) is 5.56 Å². The van der Waals surface area contributed by atoms with Gasteiger partial charge in [-0.15, -0.1) is 0 Å². The number of nitrogens with zero attached hydrogens (tertiary/aromatic N) is 1. The first-order valence-corrected chi connectivity index (χ1v) is 11.8. The maximum Gasteiger partial charge on any atom is 0.250 e. The van der Waals surface area contributed by atoms with Crippen molar-refractivity contribution in [3.8, 4) is 5.75 Å². The van der Waals surface area contributed by atoms with Gasteiger partial charge in [0.25, 0.3) is 0 Å². The molecule has 0 radical (unpaired) electrons. The van der Waals surface area contributed by atoms with Crippen molar-refractivity contribution < 1.29 is 23.9 Å². The summed E-state index contributed by atoms with van der Waals surface area (Å²) in [6, 6.07) is 12.3. The minimum absolute atomic E-state index is 0.0361. The molecule has 0 aliphatic carbocycles. The molecule has 2 aromatic carbocycles. The van der Waals surface area contributed by atoms with Gasteiger partial charge in [-0.25, -0.2) is 0 Å². The predicted octanol–water partition coefficient (Wildman–Crippen LogP) is 1.44. The lowest BCUT2D eigenvalue weighted by molar-refractivity contribution is -0.143. The molecule has 4 N–H and O–H groups in total. The number of hydrogen-bond acceptors (Lipinski definition) is 6. The van der Waals surface area contributed by atoms with Crippen LogP contribution in [-0.2, 0) is 37.7 Å². The van der Waals surface area contributed by atoms with Crippen molar-refractivity contribution in [3.63, 3.8) is 0 Å². The first-order valence-electron chi connectivity index (χ1n) is 11.8. The van der Waals surface area contributed by atoms with E-state index in [1.54, 1.807) is 12.1 Å². The molecule has 2 aromatic rings. The molecule has 3 heterocycles. The number of carbonyl (C=O) groups excluding carboxylic acids is 4. The fourth-order valence-corrected chi connectivity index (χ4v) is 5.95. The van der Waals surface area contributed by atoms with E-state index in [9.17, 15) is 19.2 Å². The summed E-state index contributed by atoms with van der Waals surface area (Å²) in [5, 5.41) is 6.31. The third-order valence-corrected chi connectivity index (χ3v) is 7.53. The number of likely N-dealkylation sites (tertiary alicyclic amines) is 1. The van der Waals surface area contributed by atoms with E-state index in [1.165, 1.54) is 12.0 Å². The monoisotopic (exact) mass is 476 g/mol. The lowest BCUT2D eigenvalue weighted by atomic mass is 9.76. The summed E-state index contributed by atoms with van der Waals surface area (Å²) in [5.41, 5.74) is 7.00. The van der Waals surface area contributed by atoms with E-state index in [1.807, 2.05) is 37.3 Å². The molecule has 9 heteroatoms. The molecule has 2 fully saturated rings. The number of hydrogen-bond donors (Lipinski definition) is 3. The maximum atomic E-state index is 13.9. The highest BCUT2D eigenvalue weighted by molar-refractivity contribution is 6.15. The highest BCUT2D eigenvalue weighted by atomic mass is 16.5. The Labute approximate surface area is 203 Å². The fourth-order valence-electron chi connectivity index (χ4n) is 5.95. The van der Waals surface area contributed by atoms with Crippen molar-refractivity contribution >= 4 is 29.3 Å². The lowest BCUT2D eigenvalue weighted by Crippen LogP contribution is -2.53. The van der Waals surface area contributed by atoms with Crippen LogP contribution >= 0.6 is 0 Å². The second-order valence-electron chi connectivity index (χ2n) is 9.29. The Morgan fingerprint density at radius 3 is 2.54 bits per heavy atom. The molecule has 1 spiro atoms. The van der Waals surface area contributed by atoms with Crippen LogP contribution in [-0.4, -0.2) is 41.7 Å². The molecule has 4 amide bonds. The number of amides is 4. The molecule has 182 valence electrons. The Kier molecular flexibility index (Phi) is 5.59. The molecule has 35 heavy (non-hydrogen) atoms. The summed E-state index contributed by atoms with van der Waals surface area (Å²) in [5.74, 6) is -2.79. The number of carbonyl (C=O) groups is 4. The summed E-state index contributed by atoms with van der Waals surface area (Å²) >= 11 is 0. The number of benzene rings is 2. The second kappa shape index (κ2) is 8.49. The highest BCUT2D eigenvalue weighted by Gasteiger charge is 2.70. The van der Waals surface area contributed by atoms with E-state index in [0.29, 0.717) is 29.0 Å². The zero-order valence-corrected chi connectivity index (χ0v) is 19.7. The maximum absolute atomic E-state index is 13.9. The topological polar surface area (TPSA) is 131 Å². The normalized spacial score (nSPS) is 26.7. The first kappa shape index (κ1) is 23.0. The van der Waals surface area contributed by atoms with E-state index < -0.39 is 35.2 Å². The number of para-hydroxylation sites is 2. The average molecular weight is 477 g/mol. The third-order valence-electron chi connectivity index (χ3n) is 7.53. The van der Waals surface area contributed by atoms with Gasteiger partial charge in [-0.05, 0) is 24.5 Å². The predicted molar refractivity (Wildman–Crippen MR) is 127 cm³/mol. The van der Waals surface area contributed by atoms with Crippen LogP contribution in [0.4, 0.5) is 5.69 Å². The standard InChI is InChI=1S/C26H28N4O5/c1-3-14-8-6-9-16-22(14)28-25(34)26(16)21-20(17(29-26)11-12-19(27)31)23(32)30(24(21)33)13-15-7-4-5-10-18(15)35-2/h4-10,17,20-21,29H,3,11-13H2,1-2H3,(H2,27,31)(H,28,34)/t17-,20-,21-,26+/m1/s1. The first-order chi connectivity index (χ1) is 16.8. The van der Waals surface area contributed by atoms with Crippen LogP contribution in [0.2, 0.25) is 0 Å². The number of aryl methyl sites for hydroxylation is 1. The van der Waals surface area contributed by atoms with Crippen molar-refractivity contribution in [2.45, 2.75) is 44.3 Å². The van der Waals surface area contributed by atoms with Crippen LogP contribution in [0.5, 0.6) is 5.75 Å². The third kappa shape index (κ3) is 3.33. The number of ether oxygens (including phenoxy) is 1. The van der Waals surface area contributed by atoms with E-state index in [2.05, 4.69) is 10.6 Å². The van der Waals surface area contributed by atoms with Crippen molar-refractivity contribution in [1.29, 1.82) is 0 Å². The smallest absolute Gasteiger partial charge is 0.250 e. The van der Waals surface area contributed by atoms with Gasteiger partial charge in [0.05, 0.1) is 25.5 Å². The molecule has 0 aromatic heterocycles. The molecule has 9 nitrogen and oxygen atoms in total. The number of imide groups is 1. The van der Waals surface area contributed by atoms with Crippen molar-refractivity contribution in [3.05, 3.63) is 59.2 Å². The number of fused-ring (bicyclic) bond motifs is 4. The number of anilines is 1. The number of nitrogens with two attached hydrogens (primary N) is 1. The van der Waals surface area contributed by atoms with Gasteiger partial charge in [-0.2, -0.15) is 0 Å².